The number of nitrogens with zero attached hydrogens (tertiary/aromatic N) is 2. The van der Waals surface area contributed by atoms with Gasteiger partial charge in [-0.3, -0.25) is 4.79 Å². The number of anilines is 1. The Labute approximate surface area is 173 Å². The van der Waals surface area contributed by atoms with Crippen LogP contribution in [0, 0.1) is 11.6 Å². The van der Waals surface area contributed by atoms with Crippen molar-refractivity contribution < 1.29 is 22.0 Å². The molecule has 7 nitrogen and oxygen atoms in total. The number of halogens is 2. The summed E-state index contributed by atoms with van der Waals surface area (Å²) in [6.45, 7) is 1.52. The van der Waals surface area contributed by atoms with E-state index in [4.69, 9.17) is 0 Å². The largest absolute Gasteiger partial charge is 0.364 e. The highest BCUT2D eigenvalue weighted by atomic mass is 32.2. The van der Waals surface area contributed by atoms with Crippen LogP contribution in [0.2, 0.25) is 0 Å². The lowest BCUT2D eigenvalue weighted by Crippen LogP contribution is -2.32. The predicted molar refractivity (Wildman–Crippen MR) is 109 cm³/mol. The van der Waals surface area contributed by atoms with Crippen molar-refractivity contribution in [2.75, 3.05) is 11.6 Å². The fraction of sp³-hybridized carbons (Fsp3) is 0.350. The summed E-state index contributed by atoms with van der Waals surface area (Å²) in [7, 11) is -3.32. The maximum Gasteiger partial charge on any atom is 0.274 e. The lowest BCUT2D eigenvalue weighted by Gasteiger charge is -2.14. The average Bonchev–Trinajstić information content (AvgIpc) is 3.51. The Morgan fingerprint density at radius 3 is 2.73 bits per heavy atom. The molecule has 0 saturated heterocycles. The summed E-state index contributed by atoms with van der Waals surface area (Å²) in [6.07, 6.45) is 5.87. The van der Waals surface area contributed by atoms with Crippen LogP contribution in [0.1, 0.15) is 47.4 Å². The van der Waals surface area contributed by atoms with Gasteiger partial charge in [0.15, 0.2) is 21.3 Å². The molecule has 1 saturated carbocycles. The van der Waals surface area contributed by atoms with Crippen LogP contribution in [0.4, 0.5) is 14.6 Å². The molecule has 0 radical (unpaired) electrons. The molecule has 1 heterocycles. The van der Waals surface area contributed by atoms with Gasteiger partial charge in [-0.1, -0.05) is 6.08 Å². The zero-order valence-corrected chi connectivity index (χ0v) is 17.3. The normalized spacial score (nSPS) is 15.2. The van der Waals surface area contributed by atoms with Crippen LogP contribution in [-0.2, 0) is 16.4 Å². The van der Waals surface area contributed by atoms with Crippen LogP contribution in [-0.4, -0.2) is 36.6 Å². The Bertz CT molecular complexity index is 1090. The van der Waals surface area contributed by atoms with Gasteiger partial charge in [0.05, 0.1) is 5.69 Å². The molecule has 1 atom stereocenters. The topological polar surface area (TPSA) is 101 Å². The Hall–Kier alpha value is -2.88. The fourth-order valence-corrected chi connectivity index (χ4v) is 3.23. The molecule has 1 aromatic heterocycles. The van der Waals surface area contributed by atoms with E-state index in [1.807, 2.05) is 0 Å². The number of aromatic nitrogens is 2. The van der Waals surface area contributed by atoms with Crippen molar-refractivity contribution in [2.24, 2.45) is 0 Å². The first-order chi connectivity index (χ1) is 14.1. The number of hydrogen-bond acceptors (Lipinski definition) is 6. The standard InChI is InChI=1S/C20H22F2N4O3S/c1-12(7-8-30(2,28)29)25-20(27)18-19(26-17(11-23-18)13-3-4-13)24-10-14-9-15(21)5-6-16(14)22/h5-9,11-13H,3-4,10H2,1-2H3,(H,24,26)(H,25,27)/b8-7+/t12-/m0/s1. The van der Waals surface area contributed by atoms with Crippen molar-refractivity contribution in [1.29, 1.82) is 0 Å². The Morgan fingerprint density at radius 2 is 2.07 bits per heavy atom. The van der Waals surface area contributed by atoms with Crippen LogP contribution in [0.5, 0.6) is 0 Å². The molecule has 0 bridgehead atoms. The third-order valence-corrected chi connectivity index (χ3v) is 5.08. The van der Waals surface area contributed by atoms with Crippen LogP contribution < -0.4 is 10.6 Å². The van der Waals surface area contributed by atoms with Crippen LogP contribution in [0.3, 0.4) is 0 Å². The van der Waals surface area contributed by atoms with Crippen molar-refractivity contribution >= 4 is 21.6 Å². The molecule has 10 heteroatoms. The summed E-state index contributed by atoms with van der Waals surface area (Å²) in [5, 5.41) is 6.51. The number of hydrogen-bond donors (Lipinski definition) is 2. The summed E-state index contributed by atoms with van der Waals surface area (Å²) in [5.74, 6) is -1.30. The quantitative estimate of drug-likeness (QED) is 0.660. The van der Waals surface area contributed by atoms with E-state index in [1.165, 1.54) is 12.3 Å². The van der Waals surface area contributed by atoms with E-state index < -0.39 is 33.4 Å². The molecule has 2 N–H and O–H groups in total. The smallest absolute Gasteiger partial charge is 0.274 e. The van der Waals surface area contributed by atoms with Crippen molar-refractivity contribution in [1.82, 2.24) is 15.3 Å². The molecule has 0 spiro atoms. The number of sulfone groups is 1. The zero-order valence-electron chi connectivity index (χ0n) is 16.5. The molecule has 1 fully saturated rings. The van der Waals surface area contributed by atoms with Gasteiger partial charge in [-0.25, -0.2) is 27.2 Å². The number of benzene rings is 1. The van der Waals surface area contributed by atoms with Gasteiger partial charge in [-0.2, -0.15) is 0 Å². The number of carbonyl (C=O) groups excluding carboxylic acids is 1. The second-order valence-corrected chi connectivity index (χ2v) is 9.21. The van der Waals surface area contributed by atoms with Crippen LogP contribution >= 0.6 is 0 Å². The molecule has 0 aliphatic heterocycles. The number of carbonyl (C=O) groups is 1. The minimum atomic E-state index is -3.32. The summed E-state index contributed by atoms with van der Waals surface area (Å²) in [5.41, 5.74) is 0.791. The van der Waals surface area contributed by atoms with Gasteiger partial charge in [0.2, 0.25) is 0 Å². The summed E-state index contributed by atoms with van der Waals surface area (Å²) >= 11 is 0. The third kappa shape index (κ3) is 6.06. The van der Waals surface area contributed by atoms with Crippen LogP contribution in [0.25, 0.3) is 0 Å². The molecule has 2 aromatic rings. The monoisotopic (exact) mass is 436 g/mol. The Balaban J connectivity index is 1.80. The van der Waals surface area contributed by atoms with Crippen molar-refractivity contribution in [3.05, 3.63) is 64.5 Å². The lowest BCUT2D eigenvalue weighted by atomic mass is 10.2. The van der Waals surface area contributed by atoms with E-state index in [2.05, 4.69) is 20.6 Å². The van der Waals surface area contributed by atoms with Gasteiger partial charge in [-0.05, 0) is 38.0 Å². The van der Waals surface area contributed by atoms with E-state index in [1.54, 1.807) is 6.92 Å². The van der Waals surface area contributed by atoms with Gasteiger partial charge in [0.25, 0.3) is 5.91 Å². The van der Waals surface area contributed by atoms with Gasteiger partial charge < -0.3 is 10.6 Å². The highest BCUT2D eigenvalue weighted by Crippen LogP contribution is 2.39. The van der Waals surface area contributed by atoms with E-state index in [9.17, 15) is 22.0 Å². The lowest BCUT2D eigenvalue weighted by molar-refractivity contribution is 0.0942. The summed E-state index contributed by atoms with van der Waals surface area (Å²) < 4.78 is 49.8. The maximum atomic E-state index is 13.9. The van der Waals surface area contributed by atoms with E-state index in [-0.39, 0.29) is 29.5 Å². The maximum absolute atomic E-state index is 13.9. The number of amides is 1. The number of rotatable bonds is 8. The molecule has 1 amide bonds. The second-order valence-electron chi connectivity index (χ2n) is 7.28. The highest BCUT2D eigenvalue weighted by molar-refractivity contribution is 7.93. The first-order valence-electron chi connectivity index (χ1n) is 9.36. The number of nitrogens with one attached hydrogen (secondary N) is 2. The first-order valence-corrected chi connectivity index (χ1v) is 11.3. The van der Waals surface area contributed by atoms with Crippen molar-refractivity contribution in [3.63, 3.8) is 0 Å². The molecule has 30 heavy (non-hydrogen) atoms. The van der Waals surface area contributed by atoms with Gasteiger partial charge in [0, 0.05) is 41.9 Å². The predicted octanol–water partition coefficient (Wildman–Crippen LogP) is 2.92. The molecule has 3 rings (SSSR count). The van der Waals surface area contributed by atoms with Crippen LogP contribution in [0.15, 0.2) is 35.9 Å². The molecular formula is C20H22F2N4O3S. The SMILES string of the molecule is C[C@@H](/C=C/S(C)(=O)=O)NC(=O)c1ncc(C2CC2)nc1NCc1cc(F)ccc1F. The molecule has 1 aliphatic carbocycles. The fourth-order valence-electron chi connectivity index (χ4n) is 2.71. The Kier molecular flexibility index (Phi) is 6.45. The summed E-state index contributed by atoms with van der Waals surface area (Å²) in [6, 6.07) is 2.54. The highest BCUT2D eigenvalue weighted by Gasteiger charge is 2.27. The van der Waals surface area contributed by atoms with Gasteiger partial charge >= 0.3 is 0 Å². The van der Waals surface area contributed by atoms with Crippen molar-refractivity contribution in [3.8, 4) is 0 Å². The van der Waals surface area contributed by atoms with Gasteiger partial charge in [-0.15, -0.1) is 0 Å². The van der Waals surface area contributed by atoms with Gasteiger partial charge in [0.1, 0.15) is 11.6 Å². The van der Waals surface area contributed by atoms with E-state index in [0.29, 0.717) is 0 Å². The minimum Gasteiger partial charge on any atom is -0.364 e. The molecule has 0 unspecified atom stereocenters. The zero-order chi connectivity index (χ0) is 21.9. The minimum absolute atomic E-state index is 0.0178. The third-order valence-electron chi connectivity index (χ3n) is 4.43. The Morgan fingerprint density at radius 1 is 1.33 bits per heavy atom. The average molecular weight is 436 g/mol. The molecule has 1 aliphatic rings. The van der Waals surface area contributed by atoms with E-state index >= 15 is 0 Å². The summed E-state index contributed by atoms with van der Waals surface area (Å²) in [4.78, 5) is 21.3. The van der Waals surface area contributed by atoms with E-state index in [0.717, 1.165) is 48.4 Å². The molecular weight excluding hydrogens is 414 g/mol. The molecule has 160 valence electrons. The molecule has 1 aromatic carbocycles. The van der Waals surface area contributed by atoms with Crippen molar-refractivity contribution in [2.45, 2.75) is 38.3 Å². The second kappa shape index (κ2) is 8.86. The first kappa shape index (κ1) is 21.8.